The summed E-state index contributed by atoms with van der Waals surface area (Å²) in [4.78, 5) is 61.0. The van der Waals surface area contributed by atoms with E-state index < -0.39 is 42.7 Å². The van der Waals surface area contributed by atoms with Crippen molar-refractivity contribution in [3.8, 4) is 0 Å². The summed E-state index contributed by atoms with van der Waals surface area (Å²) in [6.45, 7) is 4.76. The zero-order valence-corrected chi connectivity index (χ0v) is 11.8. The largest absolute Gasteiger partial charge is 0.351 e. The number of nitrogens with one attached hydrogen (secondary N) is 1. The Balaban J connectivity index is 4.80. The molecule has 0 radical (unpaired) electrons. The minimum Gasteiger partial charge on any atom is -0.339 e. The van der Waals surface area contributed by atoms with E-state index in [9.17, 15) is 24.0 Å². The third-order valence-electron chi connectivity index (χ3n) is 2.20. The second kappa shape index (κ2) is 8.59. The molecule has 0 rings (SSSR count). The first kappa shape index (κ1) is 18.4. The second-order valence-corrected chi connectivity index (χ2v) is 4.14. The molecule has 0 aromatic heterocycles. The molecule has 0 aliphatic carbocycles. The Morgan fingerprint density at radius 2 is 1.90 bits per heavy atom. The van der Waals surface area contributed by atoms with E-state index >= 15 is 0 Å². The first-order chi connectivity index (χ1) is 9.70. The van der Waals surface area contributed by atoms with Gasteiger partial charge in [-0.1, -0.05) is 6.58 Å². The molecule has 21 heavy (non-hydrogen) atoms. The highest BCUT2D eigenvalue weighted by molar-refractivity contribution is 6.12. The van der Waals surface area contributed by atoms with Crippen molar-refractivity contribution in [2.75, 3.05) is 13.1 Å². The molecule has 0 aromatic carbocycles. The van der Waals surface area contributed by atoms with Gasteiger partial charge in [-0.25, -0.2) is 4.79 Å². The van der Waals surface area contributed by atoms with E-state index in [1.165, 1.54) is 6.92 Å². The van der Waals surface area contributed by atoms with Crippen LogP contribution in [0, 0.1) is 0 Å². The third kappa shape index (κ3) is 6.43. The van der Waals surface area contributed by atoms with Gasteiger partial charge < -0.3 is 20.3 Å². The maximum absolute atomic E-state index is 11.9. The number of hydrogen-bond donors (Lipinski definition) is 2. The van der Waals surface area contributed by atoms with E-state index in [2.05, 4.69) is 11.4 Å². The number of nitrogens with zero attached hydrogens (tertiary/aromatic N) is 1. The van der Waals surface area contributed by atoms with Crippen molar-refractivity contribution in [3.05, 3.63) is 12.2 Å². The van der Waals surface area contributed by atoms with Crippen LogP contribution in [0.1, 0.15) is 13.8 Å². The van der Waals surface area contributed by atoms with Crippen LogP contribution in [0.25, 0.3) is 0 Å². The molecule has 0 heterocycles. The molecule has 0 spiro atoms. The van der Waals surface area contributed by atoms with Crippen molar-refractivity contribution < 1.29 is 28.8 Å². The standard InChI is InChI=1S/C12H17N3O6/c1-7(2)11(19)10(13)12(20)15(4-5-16)6-9(18)21-14-8(3)17/h5,10H,1,4,6,13H2,2-3H3,(H,14,17). The Morgan fingerprint density at radius 3 is 2.33 bits per heavy atom. The molecule has 2 amide bonds. The topological polar surface area (TPSA) is 136 Å². The summed E-state index contributed by atoms with van der Waals surface area (Å²) in [6, 6.07) is -1.56. The first-order valence-electron chi connectivity index (χ1n) is 5.84. The van der Waals surface area contributed by atoms with Crippen LogP contribution in [-0.4, -0.2) is 53.9 Å². The number of carbonyl (C=O) groups is 5. The fourth-order valence-electron chi connectivity index (χ4n) is 1.21. The Hall–Kier alpha value is -2.55. The lowest BCUT2D eigenvalue weighted by Gasteiger charge is -2.22. The van der Waals surface area contributed by atoms with E-state index in [4.69, 9.17) is 5.73 Å². The quantitative estimate of drug-likeness (QED) is 0.242. The van der Waals surface area contributed by atoms with Crippen molar-refractivity contribution in [3.63, 3.8) is 0 Å². The predicted molar refractivity (Wildman–Crippen MR) is 70.3 cm³/mol. The van der Waals surface area contributed by atoms with Gasteiger partial charge in [-0.05, 0) is 12.5 Å². The minimum atomic E-state index is -1.56. The molecule has 1 atom stereocenters. The number of hydroxylamine groups is 1. The van der Waals surface area contributed by atoms with E-state index in [1.54, 1.807) is 5.48 Å². The highest BCUT2D eigenvalue weighted by atomic mass is 16.7. The molecule has 1 unspecified atom stereocenters. The van der Waals surface area contributed by atoms with E-state index in [0.29, 0.717) is 6.29 Å². The fourth-order valence-corrected chi connectivity index (χ4v) is 1.21. The number of ketones is 1. The van der Waals surface area contributed by atoms with Gasteiger partial charge in [-0.2, -0.15) is 5.48 Å². The Morgan fingerprint density at radius 1 is 1.33 bits per heavy atom. The average molecular weight is 299 g/mol. The third-order valence-corrected chi connectivity index (χ3v) is 2.20. The van der Waals surface area contributed by atoms with Gasteiger partial charge in [0.25, 0.3) is 0 Å². The Kier molecular flexibility index (Phi) is 7.54. The van der Waals surface area contributed by atoms with Gasteiger partial charge in [0.15, 0.2) is 5.78 Å². The summed E-state index contributed by atoms with van der Waals surface area (Å²) in [6.07, 6.45) is 0.363. The van der Waals surface area contributed by atoms with Crippen LogP contribution < -0.4 is 11.2 Å². The molecule has 0 fully saturated rings. The maximum atomic E-state index is 11.9. The zero-order valence-electron chi connectivity index (χ0n) is 11.8. The molecule has 0 saturated carbocycles. The molecule has 9 heteroatoms. The summed E-state index contributed by atoms with van der Waals surface area (Å²) >= 11 is 0. The van der Waals surface area contributed by atoms with Gasteiger partial charge in [-0.15, -0.1) is 0 Å². The van der Waals surface area contributed by atoms with Gasteiger partial charge in [-0.3, -0.25) is 14.4 Å². The van der Waals surface area contributed by atoms with Crippen molar-refractivity contribution >= 4 is 29.9 Å². The van der Waals surface area contributed by atoms with Crippen LogP contribution in [0.3, 0.4) is 0 Å². The van der Waals surface area contributed by atoms with Gasteiger partial charge in [0.05, 0.1) is 6.54 Å². The lowest BCUT2D eigenvalue weighted by atomic mass is 10.1. The van der Waals surface area contributed by atoms with Crippen LogP contribution in [0.15, 0.2) is 12.2 Å². The molecule has 3 N–H and O–H groups in total. The van der Waals surface area contributed by atoms with Crippen LogP contribution in [0.4, 0.5) is 0 Å². The van der Waals surface area contributed by atoms with Gasteiger partial charge in [0.2, 0.25) is 11.8 Å². The van der Waals surface area contributed by atoms with Crippen LogP contribution in [-0.2, 0) is 28.8 Å². The van der Waals surface area contributed by atoms with Gasteiger partial charge >= 0.3 is 5.97 Å². The van der Waals surface area contributed by atoms with E-state index in [-0.39, 0.29) is 5.57 Å². The molecule has 0 aliphatic heterocycles. The summed E-state index contributed by atoms with van der Waals surface area (Å²) in [5, 5.41) is 0. The molecule has 116 valence electrons. The van der Waals surface area contributed by atoms with Gasteiger partial charge in [0.1, 0.15) is 18.9 Å². The van der Waals surface area contributed by atoms with E-state index in [0.717, 1.165) is 11.8 Å². The van der Waals surface area contributed by atoms with Crippen molar-refractivity contribution in [1.29, 1.82) is 0 Å². The predicted octanol–water partition coefficient (Wildman–Crippen LogP) is -1.92. The molecular weight excluding hydrogens is 282 g/mol. The highest BCUT2D eigenvalue weighted by Crippen LogP contribution is 2.00. The zero-order chi connectivity index (χ0) is 16.6. The number of carbonyl (C=O) groups excluding carboxylic acids is 5. The van der Waals surface area contributed by atoms with Crippen molar-refractivity contribution in [1.82, 2.24) is 10.4 Å². The summed E-state index contributed by atoms with van der Waals surface area (Å²) in [7, 11) is 0. The summed E-state index contributed by atoms with van der Waals surface area (Å²) in [5.41, 5.74) is 7.30. The lowest BCUT2D eigenvalue weighted by Crippen LogP contribution is -2.51. The number of amides is 2. The fraction of sp³-hybridized carbons (Fsp3) is 0.417. The summed E-state index contributed by atoms with van der Waals surface area (Å²) < 4.78 is 0. The molecule has 0 bridgehead atoms. The second-order valence-electron chi connectivity index (χ2n) is 4.14. The monoisotopic (exact) mass is 299 g/mol. The number of nitrogens with two attached hydrogens (primary N) is 1. The normalized spacial score (nSPS) is 11.0. The molecular formula is C12H17N3O6. The van der Waals surface area contributed by atoms with Crippen molar-refractivity contribution in [2.24, 2.45) is 5.73 Å². The van der Waals surface area contributed by atoms with Gasteiger partial charge in [0, 0.05) is 6.92 Å². The van der Waals surface area contributed by atoms with Crippen LogP contribution >= 0.6 is 0 Å². The minimum absolute atomic E-state index is 0.0720. The highest BCUT2D eigenvalue weighted by Gasteiger charge is 2.28. The molecule has 0 saturated heterocycles. The van der Waals surface area contributed by atoms with E-state index in [1.807, 2.05) is 0 Å². The SMILES string of the molecule is C=C(C)C(=O)C(N)C(=O)N(CC=O)CC(=O)ONC(C)=O. The van der Waals surface area contributed by atoms with Crippen LogP contribution in [0.2, 0.25) is 0 Å². The Labute approximate surface area is 121 Å². The molecule has 9 nitrogen and oxygen atoms in total. The number of aldehydes is 1. The van der Waals surface area contributed by atoms with Crippen molar-refractivity contribution in [2.45, 2.75) is 19.9 Å². The first-order valence-corrected chi connectivity index (χ1v) is 5.84. The maximum Gasteiger partial charge on any atom is 0.351 e. The smallest absolute Gasteiger partial charge is 0.339 e. The number of Topliss-reactive ketones (excluding diaryl/α,β-unsaturated/α-hetero) is 1. The Bertz CT molecular complexity index is 474. The lowest BCUT2D eigenvalue weighted by molar-refractivity contribution is -0.160. The number of rotatable bonds is 7. The molecule has 0 aromatic rings. The van der Waals surface area contributed by atoms with Crippen LogP contribution in [0.5, 0.6) is 0 Å². The summed E-state index contributed by atoms with van der Waals surface area (Å²) in [5.74, 6) is -3.23. The number of hydrogen-bond acceptors (Lipinski definition) is 7. The average Bonchev–Trinajstić information content (AvgIpc) is 2.42. The molecule has 0 aliphatic rings.